The number of rotatable bonds is 8. The fourth-order valence-electron chi connectivity index (χ4n) is 1.56. The van der Waals surface area contributed by atoms with Crippen molar-refractivity contribution >= 4 is 17.6 Å². The van der Waals surface area contributed by atoms with Gasteiger partial charge in [0.1, 0.15) is 18.0 Å². The molecule has 6 heteroatoms. The Labute approximate surface area is 114 Å². The largest absolute Gasteiger partial charge is 0.469 e. The highest BCUT2D eigenvalue weighted by molar-refractivity contribution is 5.69. The van der Waals surface area contributed by atoms with Crippen molar-refractivity contribution < 1.29 is 9.53 Å². The second kappa shape index (κ2) is 8.29. The fraction of sp³-hybridized carbons (Fsp3) is 0.615. The number of nitrogens with zero attached hydrogens (tertiary/aromatic N) is 3. The zero-order chi connectivity index (χ0) is 14.1. The first-order valence-corrected chi connectivity index (χ1v) is 6.51. The van der Waals surface area contributed by atoms with E-state index in [0.717, 1.165) is 31.0 Å². The first-order valence-electron chi connectivity index (χ1n) is 6.51. The van der Waals surface area contributed by atoms with Crippen LogP contribution in [0, 0.1) is 0 Å². The summed E-state index contributed by atoms with van der Waals surface area (Å²) in [6.07, 6.45) is 4.13. The second-order valence-corrected chi connectivity index (χ2v) is 4.29. The molecule has 0 saturated heterocycles. The molecule has 0 aliphatic rings. The third-order valence-corrected chi connectivity index (χ3v) is 2.75. The van der Waals surface area contributed by atoms with E-state index in [2.05, 4.69) is 31.8 Å². The molecule has 1 aromatic rings. The van der Waals surface area contributed by atoms with Crippen LogP contribution in [0.2, 0.25) is 0 Å². The topological polar surface area (TPSA) is 67.4 Å². The van der Waals surface area contributed by atoms with Crippen LogP contribution in [-0.4, -0.2) is 43.2 Å². The zero-order valence-corrected chi connectivity index (χ0v) is 11.8. The third kappa shape index (κ3) is 5.54. The average Bonchev–Trinajstić information content (AvgIpc) is 2.44. The van der Waals surface area contributed by atoms with Crippen molar-refractivity contribution in [3.05, 3.63) is 12.4 Å². The Balaban J connectivity index is 2.49. The van der Waals surface area contributed by atoms with Crippen LogP contribution in [0.4, 0.5) is 11.6 Å². The van der Waals surface area contributed by atoms with E-state index in [-0.39, 0.29) is 5.97 Å². The standard InChI is InChI=1S/C13H22N4O2/c1-4-5-8-17(2)12-9-11(15-10-16-12)14-7-6-13(18)19-3/h9-10H,4-8H2,1-3H3,(H,14,15,16). The second-order valence-electron chi connectivity index (χ2n) is 4.29. The summed E-state index contributed by atoms with van der Waals surface area (Å²) >= 11 is 0. The van der Waals surface area contributed by atoms with Crippen LogP contribution >= 0.6 is 0 Å². The summed E-state index contributed by atoms with van der Waals surface area (Å²) in [5, 5.41) is 3.08. The Morgan fingerprint density at radius 1 is 1.47 bits per heavy atom. The molecule has 0 atom stereocenters. The minimum atomic E-state index is -0.234. The average molecular weight is 266 g/mol. The van der Waals surface area contributed by atoms with E-state index in [1.54, 1.807) is 0 Å². The number of esters is 1. The molecule has 0 spiro atoms. The van der Waals surface area contributed by atoms with E-state index in [0.29, 0.717) is 13.0 Å². The quantitative estimate of drug-likeness (QED) is 0.722. The molecule has 1 aromatic heterocycles. The molecule has 0 radical (unpaired) electrons. The minimum Gasteiger partial charge on any atom is -0.469 e. The van der Waals surface area contributed by atoms with Gasteiger partial charge in [0.05, 0.1) is 13.5 Å². The number of unbranched alkanes of at least 4 members (excludes halogenated alkanes) is 1. The van der Waals surface area contributed by atoms with Gasteiger partial charge in [-0.3, -0.25) is 4.79 Å². The van der Waals surface area contributed by atoms with Gasteiger partial charge in [0.2, 0.25) is 0 Å². The van der Waals surface area contributed by atoms with Gasteiger partial charge in [0.15, 0.2) is 0 Å². The van der Waals surface area contributed by atoms with Crippen molar-refractivity contribution in [3.63, 3.8) is 0 Å². The maximum Gasteiger partial charge on any atom is 0.307 e. The van der Waals surface area contributed by atoms with Crippen LogP contribution in [0.25, 0.3) is 0 Å². The third-order valence-electron chi connectivity index (χ3n) is 2.75. The zero-order valence-electron chi connectivity index (χ0n) is 11.8. The Bertz CT molecular complexity index is 398. The highest BCUT2D eigenvalue weighted by Crippen LogP contribution is 2.13. The molecule has 0 aromatic carbocycles. The van der Waals surface area contributed by atoms with Crippen LogP contribution in [0.3, 0.4) is 0 Å². The molecule has 106 valence electrons. The number of aromatic nitrogens is 2. The lowest BCUT2D eigenvalue weighted by molar-refractivity contribution is -0.140. The minimum absolute atomic E-state index is 0.234. The van der Waals surface area contributed by atoms with Gasteiger partial charge < -0.3 is 15.0 Å². The molecular formula is C13H22N4O2. The molecular weight excluding hydrogens is 244 g/mol. The lowest BCUT2D eigenvalue weighted by Gasteiger charge is -2.18. The Kier molecular flexibility index (Phi) is 6.63. The molecule has 1 rings (SSSR count). The summed E-state index contributed by atoms with van der Waals surface area (Å²) in [5.74, 6) is 1.36. The number of carbonyl (C=O) groups excluding carboxylic acids is 1. The molecule has 1 heterocycles. The van der Waals surface area contributed by atoms with Crippen LogP contribution in [0.15, 0.2) is 12.4 Å². The Morgan fingerprint density at radius 3 is 2.95 bits per heavy atom. The SMILES string of the molecule is CCCCN(C)c1cc(NCCC(=O)OC)ncn1. The summed E-state index contributed by atoms with van der Waals surface area (Å²) in [6, 6.07) is 1.88. The van der Waals surface area contributed by atoms with E-state index in [1.165, 1.54) is 13.4 Å². The number of carbonyl (C=O) groups is 1. The number of hydrogen-bond donors (Lipinski definition) is 1. The van der Waals surface area contributed by atoms with Gasteiger partial charge in [-0.25, -0.2) is 9.97 Å². The van der Waals surface area contributed by atoms with E-state index < -0.39 is 0 Å². The first-order chi connectivity index (χ1) is 9.17. The first kappa shape index (κ1) is 15.2. The molecule has 6 nitrogen and oxygen atoms in total. The molecule has 0 aliphatic carbocycles. The molecule has 0 bridgehead atoms. The maximum atomic E-state index is 11.0. The maximum absolute atomic E-state index is 11.0. The lowest BCUT2D eigenvalue weighted by atomic mass is 10.3. The van der Waals surface area contributed by atoms with Gasteiger partial charge in [0, 0.05) is 26.2 Å². The molecule has 0 saturated carbocycles. The van der Waals surface area contributed by atoms with Gasteiger partial charge >= 0.3 is 5.97 Å². The van der Waals surface area contributed by atoms with Gasteiger partial charge in [-0.05, 0) is 6.42 Å². The molecule has 0 fully saturated rings. The van der Waals surface area contributed by atoms with Gasteiger partial charge in [0.25, 0.3) is 0 Å². The lowest BCUT2D eigenvalue weighted by Crippen LogP contribution is -2.20. The molecule has 0 unspecified atom stereocenters. The van der Waals surface area contributed by atoms with Crippen molar-refractivity contribution in [1.82, 2.24) is 9.97 Å². The van der Waals surface area contributed by atoms with Crippen LogP contribution in [0.5, 0.6) is 0 Å². The van der Waals surface area contributed by atoms with Crippen molar-refractivity contribution in [1.29, 1.82) is 0 Å². The fourth-order valence-corrected chi connectivity index (χ4v) is 1.56. The number of hydrogen-bond acceptors (Lipinski definition) is 6. The van der Waals surface area contributed by atoms with Gasteiger partial charge in [-0.1, -0.05) is 13.3 Å². The highest BCUT2D eigenvalue weighted by atomic mass is 16.5. The molecule has 19 heavy (non-hydrogen) atoms. The summed E-state index contributed by atoms with van der Waals surface area (Å²) in [6.45, 7) is 3.63. The van der Waals surface area contributed by atoms with Crippen LogP contribution in [0.1, 0.15) is 26.2 Å². The van der Waals surface area contributed by atoms with Crippen molar-refractivity contribution in [2.24, 2.45) is 0 Å². The predicted molar refractivity (Wildman–Crippen MR) is 75.3 cm³/mol. The monoisotopic (exact) mass is 266 g/mol. The molecule has 1 N–H and O–H groups in total. The van der Waals surface area contributed by atoms with E-state index in [4.69, 9.17) is 0 Å². The number of nitrogens with one attached hydrogen (secondary N) is 1. The summed E-state index contributed by atoms with van der Waals surface area (Å²) in [5.41, 5.74) is 0. The summed E-state index contributed by atoms with van der Waals surface area (Å²) in [7, 11) is 3.39. The smallest absolute Gasteiger partial charge is 0.307 e. The summed E-state index contributed by atoms with van der Waals surface area (Å²) < 4.78 is 4.57. The van der Waals surface area contributed by atoms with E-state index in [9.17, 15) is 4.79 Å². The normalized spacial score (nSPS) is 10.1. The Hall–Kier alpha value is -1.85. The van der Waals surface area contributed by atoms with E-state index >= 15 is 0 Å². The van der Waals surface area contributed by atoms with Crippen molar-refractivity contribution in [2.75, 3.05) is 37.5 Å². The number of ether oxygens (including phenoxy) is 1. The van der Waals surface area contributed by atoms with Crippen molar-refractivity contribution in [3.8, 4) is 0 Å². The van der Waals surface area contributed by atoms with Crippen LogP contribution in [-0.2, 0) is 9.53 Å². The molecule has 0 amide bonds. The number of methoxy groups -OCH3 is 1. The van der Waals surface area contributed by atoms with Gasteiger partial charge in [-0.2, -0.15) is 0 Å². The predicted octanol–water partition coefficient (Wildman–Crippen LogP) is 1.69. The molecule has 0 aliphatic heterocycles. The summed E-state index contributed by atoms with van der Waals surface area (Å²) in [4.78, 5) is 21.4. The Morgan fingerprint density at radius 2 is 2.26 bits per heavy atom. The van der Waals surface area contributed by atoms with Crippen LogP contribution < -0.4 is 10.2 Å². The van der Waals surface area contributed by atoms with Crippen molar-refractivity contribution in [2.45, 2.75) is 26.2 Å². The number of anilines is 2. The van der Waals surface area contributed by atoms with Gasteiger partial charge in [-0.15, -0.1) is 0 Å². The van der Waals surface area contributed by atoms with E-state index in [1.807, 2.05) is 13.1 Å². The highest BCUT2D eigenvalue weighted by Gasteiger charge is 2.04.